The second-order valence-corrected chi connectivity index (χ2v) is 7.55. The molecule has 8 nitrogen and oxygen atoms in total. The highest BCUT2D eigenvalue weighted by molar-refractivity contribution is 5.90. The minimum Gasteiger partial charge on any atom is -0.486 e. The van der Waals surface area contributed by atoms with Crippen molar-refractivity contribution >= 4 is 11.7 Å². The van der Waals surface area contributed by atoms with E-state index in [4.69, 9.17) is 14.2 Å². The van der Waals surface area contributed by atoms with Crippen LogP contribution in [0.2, 0.25) is 0 Å². The summed E-state index contributed by atoms with van der Waals surface area (Å²) in [5.74, 6) is 2.86. The largest absolute Gasteiger partial charge is 0.486 e. The van der Waals surface area contributed by atoms with E-state index < -0.39 is 0 Å². The first-order valence-electron chi connectivity index (χ1n) is 10.1. The average molecular weight is 400 g/mol. The molecule has 2 aromatic rings. The summed E-state index contributed by atoms with van der Waals surface area (Å²) in [5.41, 5.74) is 1.86. The lowest BCUT2D eigenvalue weighted by Gasteiger charge is -2.21. The van der Waals surface area contributed by atoms with Gasteiger partial charge in [0.2, 0.25) is 0 Å². The highest BCUT2D eigenvalue weighted by Gasteiger charge is 2.28. The summed E-state index contributed by atoms with van der Waals surface area (Å²) in [7, 11) is 1.71. The number of rotatable bonds is 6. The molecule has 8 heteroatoms. The highest BCUT2D eigenvalue weighted by Crippen LogP contribution is 2.33. The van der Waals surface area contributed by atoms with Crippen LogP contribution in [0.1, 0.15) is 17.9 Å². The van der Waals surface area contributed by atoms with Crippen molar-refractivity contribution in [2.24, 2.45) is 5.92 Å². The molecule has 1 aromatic carbocycles. The Labute approximate surface area is 170 Å². The van der Waals surface area contributed by atoms with Gasteiger partial charge in [0.15, 0.2) is 11.5 Å². The second kappa shape index (κ2) is 8.73. The van der Waals surface area contributed by atoms with Gasteiger partial charge in [-0.25, -0.2) is 9.78 Å². The van der Waals surface area contributed by atoms with Gasteiger partial charge in [-0.2, -0.15) is 0 Å². The van der Waals surface area contributed by atoms with Gasteiger partial charge in [-0.15, -0.1) is 0 Å². The Morgan fingerprint density at radius 2 is 2.14 bits per heavy atom. The van der Waals surface area contributed by atoms with E-state index in [2.05, 4.69) is 21.8 Å². The van der Waals surface area contributed by atoms with Crippen molar-refractivity contribution in [2.45, 2.75) is 26.3 Å². The molecule has 0 bridgehead atoms. The van der Waals surface area contributed by atoms with Gasteiger partial charge in [0.25, 0.3) is 0 Å². The van der Waals surface area contributed by atoms with Crippen LogP contribution in [-0.4, -0.2) is 60.5 Å². The predicted octanol–water partition coefficient (Wildman–Crippen LogP) is 2.71. The minimum absolute atomic E-state index is 0.0805. The third kappa shape index (κ3) is 4.48. The van der Waals surface area contributed by atoms with Gasteiger partial charge in [0.05, 0.1) is 6.61 Å². The molecule has 4 rings (SSSR count). The SMILES string of the molecule is COCCn1c(C)cnc1CC1CCN(C(=O)Nc2ccc3c(c2)OCCO3)C1. The zero-order chi connectivity index (χ0) is 20.2. The van der Waals surface area contributed by atoms with E-state index in [1.165, 1.54) is 0 Å². The monoisotopic (exact) mass is 400 g/mol. The van der Waals surface area contributed by atoms with E-state index in [0.29, 0.717) is 37.2 Å². The van der Waals surface area contributed by atoms with Crippen LogP contribution in [0.5, 0.6) is 11.5 Å². The molecule has 1 atom stereocenters. The maximum Gasteiger partial charge on any atom is 0.321 e. The second-order valence-electron chi connectivity index (χ2n) is 7.55. The molecule has 0 spiro atoms. The zero-order valence-corrected chi connectivity index (χ0v) is 17.0. The van der Waals surface area contributed by atoms with E-state index in [1.807, 2.05) is 29.3 Å². The van der Waals surface area contributed by atoms with Crippen molar-refractivity contribution in [3.05, 3.63) is 35.9 Å². The van der Waals surface area contributed by atoms with Gasteiger partial charge in [-0.1, -0.05) is 0 Å². The average Bonchev–Trinajstić information content (AvgIpc) is 3.34. The molecule has 2 amide bonds. The fraction of sp³-hybridized carbons (Fsp3) is 0.524. The molecule has 0 radical (unpaired) electrons. The summed E-state index contributed by atoms with van der Waals surface area (Å²) >= 11 is 0. The molecule has 0 aliphatic carbocycles. The van der Waals surface area contributed by atoms with Crippen LogP contribution in [0.15, 0.2) is 24.4 Å². The summed E-state index contributed by atoms with van der Waals surface area (Å²) < 4.78 is 18.5. The van der Waals surface area contributed by atoms with Crippen LogP contribution in [0, 0.1) is 12.8 Å². The molecule has 1 N–H and O–H groups in total. The number of hydrogen-bond acceptors (Lipinski definition) is 5. The fourth-order valence-corrected chi connectivity index (χ4v) is 3.93. The number of hydrogen-bond donors (Lipinski definition) is 1. The van der Waals surface area contributed by atoms with E-state index in [1.54, 1.807) is 7.11 Å². The van der Waals surface area contributed by atoms with Crippen molar-refractivity contribution < 1.29 is 19.0 Å². The molecule has 29 heavy (non-hydrogen) atoms. The number of aryl methyl sites for hydroxylation is 1. The number of nitrogens with zero attached hydrogens (tertiary/aromatic N) is 3. The third-order valence-electron chi connectivity index (χ3n) is 5.49. The Kier molecular flexibility index (Phi) is 5.89. The van der Waals surface area contributed by atoms with Gasteiger partial charge in [0, 0.05) is 56.8 Å². The first kappa shape index (κ1) is 19.6. The Balaban J connectivity index is 1.33. The predicted molar refractivity (Wildman–Crippen MR) is 109 cm³/mol. The Morgan fingerprint density at radius 3 is 2.97 bits per heavy atom. The minimum atomic E-state index is -0.0805. The van der Waals surface area contributed by atoms with Crippen LogP contribution in [0.4, 0.5) is 10.5 Å². The van der Waals surface area contributed by atoms with Crippen molar-refractivity contribution in [1.82, 2.24) is 14.5 Å². The Morgan fingerprint density at radius 1 is 1.31 bits per heavy atom. The van der Waals surface area contributed by atoms with Gasteiger partial charge in [-0.05, 0) is 31.4 Å². The molecule has 3 heterocycles. The van der Waals surface area contributed by atoms with Gasteiger partial charge >= 0.3 is 6.03 Å². The molecule has 1 fully saturated rings. The summed E-state index contributed by atoms with van der Waals surface area (Å²) in [6, 6.07) is 5.41. The topological polar surface area (TPSA) is 77.9 Å². The summed E-state index contributed by atoms with van der Waals surface area (Å²) in [5, 5.41) is 2.98. The number of carbonyl (C=O) groups is 1. The summed E-state index contributed by atoms with van der Waals surface area (Å²) in [6.07, 6.45) is 3.75. The van der Waals surface area contributed by atoms with Crippen molar-refractivity contribution in [1.29, 1.82) is 0 Å². The number of likely N-dealkylation sites (tertiary alicyclic amines) is 1. The number of nitrogens with one attached hydrogen (secondary N) is 1. The summed E-state index contributed by atoms with van der Waals surface area (Å²) in [6.45, 7) is 6.09. The molecule has 1 unspecified atom stereocenters. The number of urea groups is 1. The number of imidazole rings is 1. The van der Waals surface area contributed by atoms with Crippen LogP contribution in [-0.2, 0) is 17.7 Å². The number of anilines is 1. The molecule has 0 saturated carbocycles. The lowest BCUT2D eigenvalue weighted by Crippen LogP contribution is -2.33. The quantitative estimate of drug-likeness (QED) is 0.807. The first-order valence-corrected chi connectivity index (χ1v) is 10.1. The van der Waals surface area contributed by atoms with Crippen LogP contribution >= 0.6 is 0 Å². The number of methoxy groups -OCH3 is 1. The van der Waals surface area contributed by atoms with Crippen molar-refractivity contribution in [2.75, 3.05) is 45.3 Å². The maximum atomic E-state index is 12.7. The Hall–Kier alpha value is -2.74. The summed E-state index contributed by atoms with van der Waals surface area (Å²) in [4.78, 5) is 19.1. The molecular formula is C21H28N4O4. The van der Waals surface area contributed by atoms with Gasteiger partial charge < -0.3 is 29.0 Å². The number of carbonyl (C=O) groups excluding carboxylic acids is 1. The van der Waals surface area contributed by atoms with Crippen molar-refractivity contribution in [3.63, 3.8) is 0 Å². The lowest BCUT2D eigenvalue weighted by atomic mass is 10.0. The molecule has 1 saturated heterocycles. The van der Waals surface area contributed by atoms with E-state index in [0.717, 1.165) is 49.7 Å². The van der Waals surface area contributed by atoms with E-state index in [9.17, 15) is 4.79 Å². The number of fused-ring (bicyclic) bond motifs is 1. The molecule has 2 aliphatic heterocycles. The Bertz CT molecular complexity index is 866. The fourth-order valence-electron chi connectivity index (χ4n) is 3.93. The molecular weight excluding hydrogens is 372 g/mol. The van der Waals surface area contributed by atoms with E-state index >= 15 is 0 Å². The van der Waals surface area contributed by atoms with E-state index in [-0.39, 0.29) is 6.03 Å². The number of ether oxygens (including phenoxy) is 3. The number of amides is 2. The van der Waals surface area contributed by atoms with Gasteiger partial charge in [-0.3, -0.25) is 0 Å². The smallest absolute Gasteiger partial charge is 0.321 e. The third-order valence-corrected chi connectivity index (χ3v) is 5.49. The number of benzene rings is 1. The molecule has 1 aromatic heterocycles. The normalized spacial score (nSPS) is 18.1. The molecule has 2 aliphatic rings. The zero-order valence-electron chi connectivity index (χ0n) is 17.0. The standard InChI is InChI=1S/C21H28N4O4/c1-15-13-22-20(25(15)7-8-27-2)11-16-5-6-24(14-16)21(26)23-17-3-4-18-19(12-17)29-10-9-28-18/h3-4,12-13,16H,5-11,14H2,1-2H3,(H,23,26). The lowest BCUT2D eigenvalue weighted by molar-refractivity contribution is 0.171. The highest BCUT2D eigenvalue weighted by atomic mass is 16.6. The molecule has 156 valence electrons. The first-order chi connectivity index (χ1) is 14.1. The van der Waals surface area contributed by atoms with Crippen molar-refractivity contribution in [3.8, 4) is 11.5 Å². The van der Waals surface area contributed by atoms with Crippen LogP contribution in [0.3, 0.4) is 0 Å². The van der Waals surface area contributed by atoms with Gasteiger partial charge in [0.1, 0.15) is 19.0 Å². The van der Waals surface area contributed by atoms with Crippen LogP contribution < -0.4 is 14.8 Å². The van der Waals surface area contributed by atoms with Crippen LogP contribution in [0.25, 0.3) is 0 Å². The number of aromatic nitrogens is 2. The maximum absolute atomic E-state index is 12.7.